The third-order valence-corrected chi connectivity index (χ3v) is 3.81. The zero-order chi connectivity index (χ0) is 15.0. The molecule has 1 N–H and O–H groups in total. The molecule has 0 amide bonds. The lowest BCUT2D eigenvalue weighted by molar-refractivity contribution is -0.179. The van der Waals surface area contributed by atoms with Gasteiger partial charge in [-0.15, -0.1) is 0 Å². The molecule has 0 saturated carbocycles. The summed E-state index contributed by atoms with van der Waals surface area (Å²) in [7, 11) is 0. The number of halogens is 3. The molecule has 0 fully saturated rings. The SMILES string of the molecule is OC(COCC(F)(F)F)c1ccc2c3c(cccc13)CC2. The van der Waals surface area contributed by atoms with Gasteiger partial charge in [-0.1, -0.05) is 30.3 Å². The highest BCUT2D eigenvalue weighted by Crippen LogP contribution is 2.35. The Hall–Kier alpha value is -1.59. The Balaban J connectivity index is 1.84. The maximum atomic E-state index is 12.1. The molecule has 0 heterocycles. The van der Waals surface area contributed by atoms with Crippen LogP contribution in [0.15, 0.2) is 30.3 Å². The maximum absolute atomic E-state index is 12.1. The molecule has 1 aliphatic carbocycles. The second-order valence-corrected chi connectivity index (χ2v) is 5.30. The smallest absolute Gasteiger partial charge is 0.386 e. The molecule has 2 nitrogen and oxygen atoms in total. The van der Waals surface area contributed by atoms with Crippen LogP contribution in [-0.2, 0) is 17.6 Å². The van der Waals surface area contributed by atoms with Gasteiger partial charge in [-0.2, -0.15) is 13.2 Å². The first-order chi connectivity index (χ1) is 9.96. The van der Waals surface area contributed by atoms with Gasteiger partial charge in [-0.25, -0.2) is 0 Å². The van der Waals surface area contributed by atoms with Crippen molar-refractivity contribution >= 4 is 10.8 Å². The summed E-state index contributed by atoms with van der Waals surface area (Å²) >= 11 is 0. The lowest BCUT2D eigenvalue weighted by atomic mass is 9.97. The van der Waals surface area contributed by atoms with Gasteiger partial charge < -0.3 is 9.84 Å². The van der Waals surface area contributed by atoms with Crippen LogP contribution in [0, 0.1) is 0 Å². The molecule has 1 aliphatic rings. The lowest BCUT2D eigenvalue weighted by Crippen LogP contribution is -2.19. The molecule has 0 bridgehead atoms. The molecule has 3 rings (SSSR count). The van der Waals surface area contributed by atoms with Crippen LogP contribution in [0.3, 0.4) is 0 Å². The first-order valence-corrected chi connectivity index (χ1v) is 6.81. The summed E-state index contributed by atoms with van der Waals surface area (Å²) in [6.45, 7) is -1.70. The molecular weight excluding hydrogens is 281 g/mol. The summed E-state index contributed by atoms with van der Waals surface area (Å²) in [5.41, 5.74) is 3.08. The molecular formula is C16H15F3O2. The molecule has 0 saturated heterocycles. The fourth-order valence-corrected chi connectivity index (χ4v) is 2.94. The van der Waals surface area contributed by atoms with Crippen LogP contribution in [0.1, 0.15) is 22.8 Å². The van der Waals surface area contributed by atoms with Crippen molar-refractivity contribution in [1.82, 2.24) is 0 Å². The van der Waals surface area contributed by atoms with Gasteiger partial charge in [0.1, 0.15) is 12.7 Å². The molecule has 2 aromatic rings. The predicted octanol–water partition coefficient (Wildman–Crippen LogP) is 3.55. The van der Waals surface area contributed by atoms with Crippen molar-refractivity contribution < 1.29 is 23.0 Å². The number of hydrogen-bond donors (Lipinski definition) is 1. The molecule has 21 heavy (non-hydrogen) atoms. The monoisotopic (exact) mass is 296 g/mol. The molecule has 0 radical (unpaired) electrons. The molecule has 1 atom stereocenters. The maximum Gasteiger partial charge on any atom is 0.411 e. The van der Waals surface area contributed by atoms with Gasteiger partial charge in [0.15, 0.2) is 0 Å². The summed E-state index contributed by atoms with van der Waals surface area (Å²) in [5, 5.41) is 12.2. The van der Waals surface area contributed by atoms with E-state index in [0.29, 0.717) is 5.56 Å². The van der Waals surface area contributed by atoms with E-state index in [1.165, 1.54) is 11.1 Å². The summed E-state index contributed by atoms with van der Waals surface area (Å²) in [6, 6.07) is 9.60. The standard InChI is InChI=1S/C16H15F3O2/c17-16(18,19)9-21-8-14(20)12-7-6-11-5-4-10-2-1-3-13(12)15(10)11/h1-3,6-7,14,20H,4-5,8-9H2. The number of aliphatic hydroxyl groups excluding tert-OH is 1. The van der Waals surface area contributed by atoms with E-state index in [2.05, 4.69) is 10.8 Å². The molecule has 0 aromatic heterocycles. The molecule has 0 spiro atoms. The van der Waals surface area contributed by atoms with E-state index >= 15 is 0 Å². The Morgan fingerprint density at radius 2 is 1.81 bits per heavy atom. The summed E-state index contributed by atoms with van der Waals surface area (Å²) < 4.78 is 40.8. The number of alkyl halides is 3. The van der Waals surface area contributed by atoms with E-state index in [1.54, 1.807) is 6.07 Å². The Labute approximate surface area is 120 Å². The van der Waals surface area contributed by atoms with E-state index < -0.39 is 18.9 Å². The van der Waals surface area contributed by atoms with Crippen molar-refractivity contribution in [3.05, 3.63) is 47.0 Å². The second kappa shape index (κ2) is 5.31. The van der Waals surface area contributed by atoms with Gasteiger partial charge in [-0.05, 0) is 40.3 Å². The normalized spacial score (nSPS) is 15.6. The van der Waals surface area contributed by atoms with E-state index in [9.17, 15) is 18.3 Å². The van der Waals surface area contributed by atoms with E-state index in [0.717, 1.165) is 23.6 Å². The van der Waals surface area contributed by atoms with Gasteiger partial charge in [-0.3, -0.25) is 0 Å². The highest BCUT2D eigenvalue weighted by Gasteiger charge is 2.28. The molecule has 5 heteroatoms. The zero-order valence-electron chi connectivity index (χ0n) is 11.3. The van der Waals surface area contributed by atoms with Gasteiger partial charge >= 0.3 is 6.18 Å². The number of hydrogen-bond acceptors (Lipinski definition) is 2. The van der Waals surface area contributed by atoms with Gasteiger partial charge in [0, 0.05) is 0 Å². The number of aliphatic hydroxyl groups is 1. The average molecular weight is 296 g/mol. The van der Waals surface area contributed by atoms with Crippen molar-refractivity contribution in [2.45, 2.75) is 25.1 Å². The Bertz CT molecular complexity index is 654. The fourth-order valence-electron chi connectivity index (χ4n) is 2.94. The number of ether oxygens (including phenoxy) is 1. The van der Waals surface area contributed by atoms with Crippen LogP contribution in [-0.4, -0.2) is 24.5 Å². The van der Waals surface area contributed by atoms with E-state index in [4.69, 9.17) is 0 Å². The van der Waals surface area contributed by atoms with Crippen LogP contribution in [0.2, 0.25) is 0 Å². The highest BCUT2D eigenvalue weighted by molar-refractivity contribution is 5.93. The van der Waals surface area contributed by atoms with Gasteiger partial charge in [0.2, 0.25) is 0 Å². The Morgan fingerprint density at radius 3 is 2.52 bits per heavy atom. The summed E-state index contributed by atoms with van der Waals surface area (Å²) in [4.78, 5) is 0. The van der Waals surface area contributed by atoms with E-state index in [1.807, 2.05) is 18.2 Å². The van der Waals surface area contributed by atoms with Crippen LogP contribution >= 0.6 is 0 Å². The third-order valence-electron chi connectivity index (χ3n) is 3.81. The minimum Gasteiger partial charge on any atom is -0.386 e. The summed E-state index contributed by atoms with van der Waals surface area (Å²) in [6.07, 6.45) is -3.49. The van der Waals surface area contributed by atoms with Crippen LogP contribution in [0.5, 0.6) is 0 Å². The Kier molecular flexibility index (Phi) is 3.63. The van der Waals surface area contributed by atoms with Gasteiger partial charge in [0.25, 0.3) is 0 Å². The van der Waals surface area contributed by atoms with Crippen LogP contribution < -0.4 is 0 Å². The second-order valence-electron chi connectivity index (χ2n) is 5.30. The van der Waals surface area contributed by atoms with Gasteiger partial charge in [0.05, 0.1) is 6.61 Å². The highest BCUT2D eigenvalue weighted by atomic mass is 19.4. The minimum atomic E-state index is -4.37. The molecule has 2 aromatic carbocycles. The van der Waals surface area contributed by atoms with Crippen molar-refractivity contribution in [2.75, 3.05) is 13.2 Å². The number of aryl methyl sites for hydroxylation is 2. The van der Waals surface area contributed by atoms with Crippen LogP contribution in [0.25, 0.3) is 10.8 Å². The topological polar surface area (TPSA) is 29.5 Å². The van der Waals surface area contributed by atoms with Crippen molar-refractivity contribution in [2.24, 2.45) is 0 Å². The third kappa shape index (κ3) is 2.89. The first kappa shape index (κ1) is 14.4. The minimum absolute atomic E-state index is 0.363. The quantitative estimate of drug-likeness (QED) is 0.935. The lowest BCUT2D eigenvalue weighted by Gasteiger charge is -2.16. The van der Waals surface area contributed by atoms with Crippen molar-refractivity contribution in [1.29, 1.82) is 0 Å². The largest absolute Gasteiger partial charge is 0.411 e. The molecule has 0 aliphatic heterocycles. The Morgan fingerprint density at radius 1 is 1.10 bits per heavy atom. The zero-order valence-corrected chi connectivity index (χ0v) is 11.3. The number of rotatable bonds is 4. The van der Waals surface area contributed by atoms with E-state index in [-0.39, 0.29) is 6.61 Å². The summed E-state index contributed by atoms with van der Waals surface area (Å²) in [5.74, 6) is 0. The fraction of sp³-hybridized carbons (Fsp3) is 0.375. The number of benzene rings is 2. The van der Waals surface area contributed by atoms with Crippen LogP contribution in [0.4, 0.5) is 13.2 Å². The predicted molar refractivity (Wildman–Crippen MR) is 73.2 cm³/mol. The first-order valence-electron chi connectivity index (χ1n) is 6.81. The molecule has 112 valence electrons. The average Bonchev–Trinajstić information content (AvgIpc) is 2.83. The molecule has 1 unspecified atom stereocenters. The van der Waals surface area contributed by atoms with Crippen molar-refractivity contribution in [3.63, 3.8) is 0 Å². The van der Waals surface area contributed by atoms with Crippen molar-refractivity contribution in [3.8, 4) is 0 Å².